The Hall–Kier alpha value is -3.22. The van der Waals surface area contributed by atoms with E-state index in [4.69, 9.17) is 4.98 Å². The number of rotatable bonds is 4. The number of aromatic nitrogens is 2. The average molecular weight is 363 g/mol. The lowest BCUT2D eigenvalue weighted by Gasteiger charge is -2.37. The Bertz CT molecular complexity index is 966. The average Bonchev–Trinajstić information content (AvgIpc) is 2.73. The molecule has 0 saturated carbocycles. The zero-order chi connectivity index (χ0) is 18.8. The van der Waals surface area contributed by atoms with Crippen molar-refractivity contribution in [2.24, 2.45) is 0 Å². The summed E-state index contributed by atoms with van der Waals surface area (Å²) in [6.07, 6.45) is 2.23. The molecule has 0 radical (unpaired) electrons. The van der Waals surface area contributed by atoms with Gasteiger partial charge in [-0.05, 0) is 24.6 Å². The van der Waals surface area contributed by atoms with Crippen LogP contribution in [-0.2, 0) is 6.42 Å². The van der Waals surface area contributed by atoms with Crippen molar-refractivity contribution in [2.75, 3.05) is 36.0 Å². The summed E-state index contributed by atoms with van der Waals surface area (Å²) in [5.41, 5.74) is 3.39. The van der Waals surface area contributed by atoms with Gasteiger partial charge in [-0.1, -0.05) is 25.1 Å². The molecule has 1 fully saturated rings. The maximum atomic E-state index is 10.8. The molecule has 2 aromatic heterocycles. The summed E-state index contributed by atoms with van der Waals surface area (Å²) in [4.78, 5) is 23.9. The van der Waals surface area contributed by atoms with Crippen molar-refractivity contribution in [2.45, 2.75) is 13.3 Å². The minimum atomic E-state index is -0.422. The summed E-state index contributed by atoms with van der Waals surface area (Å²) in [6, 6.07) is 13.7. The van der Waals surface area contributed by atoms with Gasteiger partial charge in [0.05, 0.1) is 10.4 Å². The normalized spacial score (nSPS) is 14.6. The molecule has 7 nitrogen and oxygen atoms in total. The number of aryl methyl sites for hydroxylation is 1. The molecule has 27 heavy (non-hydrogen) atoms. The van der Waals surface area contributed by atoms with Crippen LogP contribution in [0.5, 0.6) is 0 Å². The molecule has 0 spiro atoms. The molecule has 0 amide bonds. The molecular weight excluding hydrogens is 342 g/mol. The zero-order valence-corrected chi connectivity index (χ0v) is 15.2. The van der Waals surface area contributed by atoms with Crippen LogP contribution in [0.1, 0.15) is 12.6 Å². The van der Waals surface area contributed by atoms with E-state index in [1.54, 1.807) is 6.07 Å². The van der Waals surface area contributed by atoms with Gasteiger partial charge in [0.15, 0.2) is 0 Å². The summed E-state index contributed by atoms with van der Waals surface area (Å²) in [5.74, 6) is 0.786. The molecule has 0 aliphatic carbocycles. The van der Waals surface area contributed by atoms with Gasteiger partial charge in [0, 0.05) is 49.0 Å². The maximum absolute atomic E-state index is 10.8. The highest BCUT2D eigenvalue weighted by atomic mass is 16.6. The highest BCUT2D eigenvalue weighted by molar-refractivity contribution is 5.92. The summed E-state index contributed by atoms with van der Waals surface area (Å²) in [5, 5.41) is 12.0. The predicted molar refractivity (Wildman–Crippen MR) is 106 cm³/mol. The highest BCUT2D eigenvalue weighted by Crippen LogP contribution is 2.28. The van der Waals surface area contributed by atoms with Gasteiger partial charge in [-0.3, -0.25) is 15.1 Å². The van der Waals surface area contributed by atoms with E-state index in [1.165, 1.54) is 23.3 Å². The smallest absolute Gasteiger partial charge is 0.287 e. The van der Waals surface area contributed by atoms with Crippen LogP contribution in [0.2, 0.25) is 0 Å². The van der Waals surface area contributed by atoms with Crippen molar-refractivity contribution < 1.29 is 4.92 Å². The predicted octanol–water partition coefficient (Wildman–Crippen LogP) is 3.43. The molecule has 7 heteroatoms. The van der Waals surface area contributed by atoms with E-state index < -0.39 is 4.92 Å². The van der Waals surface area contributed by atoms with Crippen LogP contribution in [0.3, 0.4) is 0 Å². The van der Waals surface area contributed by atoms with Crippen molar-refractivity contribution in [3.63, 3.8) is 0 Å². The molecule has 1 aliphatic rings. The highest BCUT2D eigenvalue weighted by Gasteiger charge is 2.21. The second-order valence-electron chi connectivity index (χ2n) is 6.61. The van der Waals surface area contributed by atoms with Crippen molar-refractivity contribution in [1.29, 1.82) is 0 Å². The van der Waals surface area contributed by atoms with Crippen LogP contribution in [0, 0.1) is 10.1 Å². The number of nitrogens with zero attached hydrogens (tertiary/aromatic N) is 5. The molecular formula is C20H21N5O2. The maximum Gasteiger partial charge on any atom is 0.287 e. The van der Waals surface area contributed by atoms with Gasteiger partial charge in [0.1, 0.15) is 12.0 Å². The minimum Gasteiger partial charge on any atom is -0.367 e. The Morgan fingerprint density at radius 3 is 2.48 bits per heavy atom. The fourth-order valence-electron chi connectivity index (χ4n) is 3.50. The Balaban J connectivity index is 1.54. The first-order chi connectivity index (χ1) is 13.2. The molecule has 3 aromatic rings. The quantitative estimate of drug-likeness (QED) is 0.522. The van der Waals surface area contributed by atoms with Gasteiger partial charge in [-0.2, -0.15) is 0 Å². The van der Waals surface area contributed by atoms with Crippen molar-refractivity contribution >= 4 is 28.1 Å². The summed E-state index contributed by atoms with van der Waals surface area (Å²) < 4.78 is 0. The van der Waals surface area contributed by atoms with Gasteiger partial charge in [0.2, 0.25) is 0 Å². The van der Waals surface area contributed by atoms with E-state index in [0.29, 0.717) is 0 Å². The second kappa shape index (κ2) is 7.19. The Kier molecular flexibility index (Phi) is 4.58. The number of anilines is 2. The minimum absolute atomic E-state index is 0.0211. The van der Waals surface area contributed by atoms with E-state index in [1.807, 2.05) is 6.07 Å². The molecule has 3 heterocycles. The number of pyridine rings is 2. The summed E-state index contributed by atoms with van der Waals surface area (Å²) in [6.45, 7) is 5.51. The lowest BCUT2D eigenvalue weighted by molar-refractivity contribution is -0.385. The number of piperazine rings is 1. The molecule has 0 N–H and O–H groups in total. The fourth-order valence-corrected chi connectivity index (χ4v) is 3.50. The van der Waals surface area contributed by atoms with Gasteiger partial charge in [0.25, 0.3) is 5.69 Å². The zero-order valence-electron chi connectivity index (χ0n) is 15.2. The van der Waals surface area contributed by atoms with E-state index in [0.717, 1.165) is 49.6 Å². The fraction of sp³-hybridized carbons (Fsp3) is 0.300. The molecule has 0 unspecified atom stereocenters. The van der Waals surface area contributed by atoms with Crippen molar-refractivity contribution in [1.82, 2.24) is 9.97 Å². The van der Waals surface area contributed by atoms with Crippen LogP contribution < -0.4 is 9.80 Å². The number of hydrogen-bond acceptors (Lipinski definition) is 6. The van der Waals surface area contributed by atoms with Crippen LogP contribution in [-0.4, -0.2) is 41.1 Å². The number of nitro groups is 1. The summed E-state index contributed by atoms with van der Waals surface area (Å²) in [7, 11) is 0. The Labute approximate surface area is 157 Å². The monoisotopic (exact) mass is 363 g/mol. The Morgan fingerprint density at radius 1 is 1.07 bits per heavy atom. The summed E-state index contributed by atoms with van der Waals surface area (Å²) >= 11 is 0. The van der Waals surface area contributed by atoms with Crippen molar-refractivity contribution in [3.8, 4) is 0 Å². The van der Waals surface area contributed by atoms with Gasteiger partial charge in [-0.25, -0.2) is 4.98 Å². The van der Waals surface area contributed by atoms with E-state index in [9.17, 15) is 10.1 Å². The van der Waals surface area contributed by atoms with Crippen LogP contribution >= 0.6 is 0 Å². The molecule has 0 atom stereocenters. The van der Waals surface area contributed by atoms with Crippen molar-refractivity contribution in [3.05, 3.63) is 64.5 Å². The number of para-hydroxylation sites is 1. The third-order valence-corrected chi connectivity index (χ3v) is 5.00. The molecule has 138 valence electrons. The van der Waals surface area contributed by atoms with E-state index in [-0.39, 0.29) is 5.69 Å². The molecule has 4 rings (SSSR count). The third-order valence-electron chi connectivity index (χ3n) is 5.00. The number of benzene rings is 1. The molecule has 1 aromatic carbocycles. The van der Waals surface area contributed by atoms with E-state index >= 15 is 0 Å². The lowest BCUT2D eigenvalue weighted by Crippen LogP contribution is -2.47. The number of hydrogen-bond donors (Lipinski definition) is 0. The number of fused-ring (bicyclic) bond motifs is 1. The third kappa shape index (κ3) is 3.40. The lowest BCUT2D eigenvalue weighted by atomic mass is 10.1. The van der Waals surface area contributed by atoms with Crippen LogP contribution in [0.25, 0.3) is 10.9 Å². The van der Waals surface area contributed by atoms with E-state index in [2.05, 4.69) is 46.0 Å². The SMILES string of the molecule is CCc1cc(N2CCN(c3ccc([N+](=O)[O-])cn3)CC2)c2ccccc2n1. The van der Waals surface area contributed by atoms with Crippen LogP contribution in [0.4, 0.5) is 17.2 Å². The topological polar surface area (TPSA) is 75.4 Å². The van der Waals surface area contributed by atoms with Gasteiger partial charge in [-0.15, -0.1) is 0 Å². The first-order valence-corrected chi connectivity index (χ1v) is 9.14. The second-order valence-corrected chi connectivity index (χ2v) is 6.61. The standard InChI is InChI=1S/C20H21N5O2/c1-2-15-13-19(17-5-3-4-6-18(17)22-15)23-9-11-24(12-10-23)20-8-7-16(14-21-20)25(26)27/h3-8,13-14H,2,9-12H2,1H3. The van der Waals surface area contributed by atoms with Gasteiger partial charge >= 0.3 is 0 Å². The van der Waals surface area contributed by atoms with Crippen LogP contribution in [0.15, 0.2) is 48.7 Å². The first-order valence-electron chi connectivity index (χ1n) is 9.14. The molecule has 1 saturated heterocycles. The Morgan fingerprint density at radius 2 is 1.81 bits per heavy atom. The molecule has 0 bridgehead atoms. The first kappa shape index (κ1) is 17.2. The molecule has 1 aliphatic heterocycles. The van der Waals surface area contributed by atoms with Gasteiger partial charge < -0.3 is 9.80 Å². The largest absolute Gasteiger partial charge is 0.367 e.